The fourth-order valence-electron chi connectivity index (χ4n) is 1.12. The van der Waals surface area contributed by atoms with Crippen LogP contribution in [0.25, 0.3) is 0 Å². The molecule has 0 spiro atoms. The van der Waals surface area contributed by atoms with E-state index >= 15 is 0 Å². The molecule has 58 valence electrons. The molecule has 0 aliphatic heterocycles. The van der Waals surface area contributed by atoms with E-state index in [1.54, 1.807) is 4.91 Å². The predicted octanol–water partition coefficient (Wildman–Crippen LogP) is 3.11. The topological polar surface area (TPSA) is 0 Å². The van der Waals surface area contributed by atoms with E-state index in [0.29, 0.717) is 0 Å². The van der Waals surface area contributed by atoms with Crippen LogP contribution < -0.4 is 0 Å². The van der Waals surface area contributed by atoms with E-state index < -0.39 is 0 Å². The van der Waals surface area contributed by atoms with Crippen molar-refractivity contribution in [3.05, 3.63) is 11.0 Å². The van der Waals surface area contributed by atoms with E-state index in [4.69, 9.17) is 0 Å². The lowest BCUT2D eigenvalue weighted by Gasteiger charge is -2.10. The Kier molecular flexibility index (Phi) is 4.39. The molecule has 0 amide bonds. The lowest BCUT2D eigenvalue weighted by molar-refractivity contribution is 0.723. The van der Waals surface area contributed by atoms with Crippen LogP contribution in [0, 0.1) is 0 Å². The van der Waals surface area contributed by atoms with Gasteiger partial charge in [0.05, 0.1) is 0 Å². The molecule has 0 radical (unpaired) electrons. The molecule has 10 heavy (non-hydrogen) atoms. The number of hydrogen-bond donors (Lipinski definition) is 1. The van der Waals surface area contributed by atoms with E-state index in [-0.39, 0.29) is 0 Å². The highest BCUT2D eigenvalue weighted by atomic mass is 32.2. The van der Waals surface area contributed by atoms with Crippen LogP contribution in [-0.4, -0.2) is 11.5 Å². The van der Waals surface area contributed by atoms with Gasteiger partial charge in [0.15, 0.2) is 0 Å². The highest BCUT2D eigenvalue weighted by molar-refractivity contribution is 8.03. The zero-order valence-electron chi connectivity index (χ0n) is 6.18. The van der Waals surface area contributed by atoms with Crippen molar-refractivity contribution >= 4 is 24.4 Å². The van der Waals surface area contributed by atoms with Crippen LogP contribution in [0.15, 0.2) is 11.0 Å². The van der Waals surface area contributed by atoms with Gasteiger partial charge in [0.1, 0.15) is 0 Å². The first-order valence-electron chi connectivity index (χ1n) is 3.86. The van der Waals surface area contributed by atoms with Gasteiger partial charge in [-0.15, -0.1) is 11.8 Å². The first-order chi connectivity index (χ1) is 4.93. The van der Waals surface area contributed by atoms with Crippen molar-refractivity contribution in [3.8, 4) is 0 Å². The second kappa shape index (κ2) is 5.14. The molecule has 1 aliphatic rings. The average molecular weight is 174 g/mol. The average Bonchev–Trinajstić information content (AvgIpc) is 2.03. The largest absolute Gasteiger partial charge is 0.178 e. The predicted molar refractivity (Wildman–Crippen MR) is 52.9 cm³/mol. The molecule has 0 unspecified atom stereocenters. The summed E-state index contributed by atoms with van der Waals surface area (Å²) in [5, 5.41) is 0. The molecule has 0 N–H and O–H groups in total. The Bertz CT molecular complexity index is 118. The van der Waals surface area contributed by atoms with Crippen molar-refractivity contribution in [1.82, 2.24) is 0 Å². The van der Waals surface area contributed by atoms with Crippen LogP contribution >= 0.6 is 24.4 Å². The molecule has 0 fully saturated rings. The third-order valence-electron chi connectivity index (χ3n) is 1.63. The van der Waals surface area contributed by atoms with Gasteiger partial charge in [-0.2, -0.15) is 12.6 Å². The quantitative estimate of drug-likeness (QED) is 0.641. The molecule has 0 heterocycles. The van der Waals surface area contributed by atoms with E-state index in [1.165, 1.54) is 31.4 Å². The van der Waals surface area contributed by atoms with Gasteiger partial charge in [-0.3, -0.25) is 0 Å². The Morgan fingerprint density at radius 2 is 2.40 bits per heavy atom. The maximum absolute atomic E-state index is 4.17. The highest BCUT2D eigenvalue weighted by Crippen LogP contribution is 2.26. The van der Waals surface area contributed by atoms with Gasteiger partial charge >= 0.3 is 0 Å². The second-order valence-corrected chi connectivity index (χ2v) is 4.16. The summed E-state index contributed by atoms with van der Waals surface area (Å²) in [5.74, 6) is 2.18. The van der Waals surface area contributed by atoms with Gasteiger partial charge < -0.3 is 0 Å². The third-order valence-corrected chi connectivity index (χ3v) is 3.30. The van der Waals surface area contributed by atoms with Gasteiger partial charge in [0.25, 0.3) is 0 Å². The lowest BCUT2D eigenvalue weighted by Crippen LogP contribution is -1.89. The molecular weight excluding hydrogens is 160 g/mol. The van der Waals surface area contributed by atoms with Crippen LogP contribution in [0.3, 0.4) is 0 Å². The Labute approximate surface area is 72.9 Å². The Balaban J connectivity index is 2.18. The fourth-order valence-corrected chi connectivity index (χ4v) is 2.27. The molecule has 0 aromatic heterocycles. The highest BCUT2D eigenvalue weighted by Gasteiger charge is 2.02. The summed E-state index contributed by atoms with van der Waals surface area (Å²) < 4.78 is 0. The minimum atomic E-state index is 1.00. The molecular formula is C8H14S2. The third kappa shape index (κ3) is 3.02. The summed E-state index contributed by atoms with van der Waals surface area (Å²) in [7, 11) is 0. The van der Waals surface area contributed by atoms with E-state index in [1.807, 2.05) is 11.8 Å². The minimum Gasteiger partial charge on any atom is -0.178 e. The van der Waals surface area contributed by atoms with E-state index in [9.17, 15) is 0 Å². The zero-order valence-corrected chi connectivity index (χ0v) is 7.89. The number of thiol groups is 1. The van der Waals surface area contributed by atoms with Gasteiger partial charge in [0, 0.05) is 5.75 Å². The Hall–Kier alpha value is 0.440. The van der Waals surface area contributed by atoms with E-state index in [0.717, 1.165) is 5.75 Å². The van der Waals surface area contributed by atoms with Crippen LogP contribution in [-0.2, 0) is 0 Å². The number of thioether (sulfide) groups is 1. The molecule has 0 aromatic carbocycles. The molecule has 2 heteroatoms. The first kappa shape index (κ1) is 8.54. The maximum atomic E-state index is 4.17. The first-order valence-corrected chi connectivity index (χ1v) is 5.48. The molecule has 0 nitrogen and oxygen atoms in total. The lowest BCUT2D eigenvalue weighted by atomic mass is 10.1. The zero-order chi connectivity index (χ0) is 7.23. The van der Waals surface area contributed by atoms with Gasteiger partial charge in [-0.05, 0) is 36.3 Å². The summed E-state index contributed by atoms with van der Waals surface area (Å²) in [6, 6.07) is 0. The van der Waals surface area contributed by atoms with E-state index in [2.05, 4.69) is 18.7 Å². The summed E-state index contributed by atoms with van der Waals surface area (Å²) in [5.41, 5.74) is 0. The van der Waals surface area contributed by atoms with Gasteiger partial charge in [-0.1, -0.05) is 6.08 Å². The summed E-state index contributed by atoms with van der Waals surface area (Å²) in [6.07, 6.45) is 7.79. The van der Waals surface area contributed by atoms with Crippen molar-refractivity contribution in [2.24, 2.45) is 0 Å². The molecule has 1 rings (SSSR count). The van der Waals surface area contributed by atoms with Crippen LogP contribution in [0.4, 0.5) is 0 Å². The molecule has 1 aliphatic carbocycles. The van der Waals surface area contributed by atoms with Crippen LogP contribution in [0.1, 0.15) is 25.7 Å². The SMILES string of the molecule is SCCSC1=CCCCC1. The van der Waals surface area contributed by atoms with Crippen molar-refractivity contribution < 1.29 is 0 Å². The molecule has 0 aromatic rings. The maximum Gasteiger partial charge on any atom is 0.00652 e. The van der Waals surface area contributed by atoms with Gasteiger partial charge in [-0.25, -0.2) is 0 Å². The van der Waals surface area contributed by atoms with Crippen molar-refractivity contribution in [2.75, 3.05) is 11.5 Å². The summed E-state index contributed by atoms with van der Waals surface area (Å²) in [6.45, 7) is 0. The van der Waals surface area contributed by atoms with Crippen molar-refractivity contribution in [3.63, 3.8) is 0 Å². The smallest absolute Gasteiger partial charge is 0.00652 e. The number of rotatable bonds is 3. The molecule has 0 saturated carbocycles. The Morgan fingerprint density at radius 1 is 1.50 bits per heavy atom. The van der Waals surface area contributed by atoms with Gasteiger partial charge in [0.2, 0.25) is 0 Å². The monoisotopic (exact) mass is 174 g/mol. The van der Waals surface area contributed by atoms with Crippen LogP contribution in [0.5, 0.6) is 0 Å². The number of hydrogen-bond acceptors (Lipinski definition) is 2. The Morgan fingerprint density at radius 3 is 3.00 bits per heavy atom. The normalized spacial score (nSPS) is 18.7. The van der Waals surface area contributed by atoms with Crippen molar-refractivity contribution in [1.29, 1.82) is 0 Å². The molecule has 0 atom stereocenters. The second-order valence-electron chi connectivity index (χ2n) is 2.49. The summed E-state index contributed by atoms with van der Waals surface area (Å²) in [4.78, 5) is 1.60. The number of allylic oxidation sites excluding steroid dienone is 2. The fraction of sp³-hybridized carbons (Fsp3) is 0.750. The molecule has 0 bridgehead atoms. The summed E-state index contributed by atoms with van der Waals surface area (Å²) >= 11 is 6.15. The van der Waals surface area contributed by atoms with Crippen LogP contribution in [0.2, 0.25) is 0 Å². The molecule has 0 saturated heterocycles. The van der Waals surface area contributed by atoms with Crippen molar-refractivity contribution in [2.45, 2.75) is 25.7 Å². The standard InChI is InChI=1S/C8H14S2/c9-6-7-10-8-4-2-1-3-5-8/h4,9H,1-3,5-7H2. The minimum absolute atomic E-state index is 1.00.